The minimum Gasteiger partial charge on any atom is -0.491 e. The number of ether oxygens (including phenoxy) is 4. The number of carboxylic acid groups (broad SMARTS) is 1. The van der Waals surface area contributed by atoms with Crippen molar-refractivity contribution < 1.29 is 48.0 Å². The van der Waals surface area contributed by atoms with Crippen LogP contribution in [0.15, 0.2) is 194 Å². The molecule has 482 valence electrons. The van der Waals surface area contributed by atoms with Crippen LogP contribution in [0.3, 0.4) is 0 Å². The van der Waals surface area contributed by atoms with Crippen molar-refractivity contribution in [3.63, 3.8) is 0 Å². The molecule has 8 aromatic carbocycles. The topological polar surface area (TPSA) is 173 Å². The molecule has 0 heterocycles. The molecule has 0 aromatic heterocycles. The lowest BCUT2D eigenvalue weighted by Gasteiger charge is -2.25. The average Bonchev–Trinajstić information content (AvgIpc) is 0.979. The van der Waals surface area contributed by atoms with E-state index in [0.717, 1.165) is 67.5 Å². The second kappa shape index (κ2) is 36.7. The minimum atomic E-state index is -1.04. The lowest BCUT2D eigenvalue weighted by molar-refractivity contribution is -0.137. The molecule has 0 spiro atoms. The number of carbonyl (C=O) groups is 5. The first-order valence-electron chi connectivity index (χ1n) is 30.3. The van der Waals surface area contributed by atoms with Gasteiger partial charge in [-0.15, -0.1) is 0 Å². The summed E-state index contributed by atoms with van der Waals surface area (Å²) in [4.78, 5) is 63.0. The van der Waals surface area contributed by atoms with Crippen molar-refractivity contribution in [2.45, 2.75) is 70.4 Å². The summed E-state index contributed by atoms with van der Waals surface area (Å²) in [5.41, 5.74) is 8.47. The van der Waals surface area contributed by atoms with E-state index >= 15 is 0 Å². The predicted molar refractivity (Wildman–Crippen MR) is 366 cm³/mol. The Morgan fingerprint density at radius 1 is 0.413 bits per heavy atom. The van der Waals surface area contributed by atoms with Gasteiger partial charge in [0.2, 0.25) is 11.6 Å². The quantitative estimate of drug-likeness (QED) is 0.0333. The van der Waals surface area contributed by atoms with E-state index in [1.165, 1.54) is 71.5 Å². The molecule has 0 bridgehead atoms. The van der Waals surface area contributed by atoms with Crippen LogP contribution in [0.4, 0.5) is 0 Å². The summed E-state index contributed by atoms with van der Waals surface area (Å²) in [6.07, 6.45) is 3.79. The first kappa shape index (κ1) is 71.2. The molecule has 0 aliphatic carbocycles. The Balaban J connectivity index is 0.000000261. The molecule has 0 aliphatic rings. The maximum Gasteiger partial charge on any atom is 0.335 e. The number of carboxylic acids is 1. The van der Waals surface area contributed by atoms with Crippen LogP contribution in [0.2, 0.25) is 20.1 Å². The average molecular weight is 1330 g/mol. The number of hydrogen-bond acceptors (Lipinski definition) is 11. The second-order valence-corrected chi connectivity index (χ2v) is 24.4. The number of Topliss-reactive ketones (excluding diaryl/α,β-unsaturated/α-hetero) is 2. The number of ketones is 2. The fourth-order valence-electron chi connectivity index (χ4n) is 9.96. The second-order valence-electron chi connectivity index (χ2n) is 22.7. The zero-order valence-electron chi connectivity index (χ0n) is 52.3. The number of likely N-dealkylation sites (N-methyl/N-ethyl adjacent to an activating group) is 2. The smallest absolute Gasteiger partial charge is 0.335 e. The summed E-state index contributed by atoms with van der Waals surface area (Å²) in [6.45, 7) is 8.41. The highest BCUT2D eigenvalue weighted by Crippen LogP contribution is 2.30. The van der Waals surface area contributed by atoms with E-state index in [9.17, 15) is 24.0 Å². The van der Waals surface area contributed by atoms with Crippen molar-refractivity contribution in [1.82, 2.24) is 20.4 Å². The summed E-state index contributed by atoms with van der Waals surface area (Å²) in [5.74, 6) is -0.832. The molecule has 3 N–H and O–H groups in total. The van der Waals surface area contributed by atoms with Crippen LogP contribution < -0.4 is 29.6 Å². The van der Waals surface area contributed by atoms with Gasteiger partial charge in [0.1, 0.15) is 49.4 Å². The van der Waals surface area contributed by atoms with Crippen molar-refractivity contribution in [2.24, 2.45) is 0 Å². The van der Waals surface area contributed by atoms with Gasteiger partial charge in [0.15, 0.2) is 0 Å². The maximum absolute atomic E-state index is 12.1. The molecule has 0 saturated heterocycles. The van der Waals surface area contributed by atoms with Crippen LogP contribution in [0, 0.1) is 6.92 Å². The molecule has 2 atom stereocenters. The van der Waals surface area contributed by atoms with Gasteiger partial charge < -0.3 is 44.5 Å². The fraction of sp³-hybridized carbons (Fsp3) is 0.284. The normalized spacial score (nSPS) is 11.8. The highest BCUT2D eigenvalue weighted by Gasteiger charge is 2.22. The monoisotopic (exact) mass is 1320 g/mol. The van der Waals surface area contributed by atoms with E-state index in [0.29, 0.717) is 33.0 Å². The molecule has 0 saturated carbocycles. The van der Waals surface area contributed by atoms with Gasteiger partial charge in [-0.1, -0.05) is 137 Å². The zero-order valence-corrected chi connectivity index (χ0v) is 55.3. The fourth-order valence-corrected chi connectivity index (χ4v) is 10.5. The van der Waals surface area contributed by atoms with E-state index in [4.69, 9.17) is 70.5 Å². The van der Waals surface area contributed by atoms with Gasteiger partial charge in [0, 0.05) is 58.9 Å². The predicted octanol–water partition coefficient (Wildman–Crippen LogP) is 14.4. The largest absolute Gasteiger partial charge is 0.491 e. The van der Waals surface area contributed by atoms with Gasteiger partial charge >= 0.3 is 5.97 Å². The molecule has 0 radical (unpaired) electrons. The number of halogens is 4. The SMILES string of the molecule is CC(=O)C(=O)NC(COc1ccc(C)cc1)COc1ccc(CCCN(C)CC(c2ccc(Cl)cc2)c2ccc(Cl)cc2)cc1.CC(=O)C(=O)NC(COc1ccc(CCCN(C)CC(c2ccc(Cl)cc2)c2ccc(Cl)cc2)cc1)COc1ccc(C(=O)O)cc1. The van der Waals surface area contributed by atoms with Crippen molar-refractivity contribution in [1.29, 1.82) is 0 Å². The molecular weight excluding hydrogens is 1250 g/mol. The highest BCUT2D eigenvalue weighted by atomic mass is 35.5. The van der Waals surface area contributed by atoms with Crippen LogP contribution in [-0.4, -0.2) is 123 Å². The number of aryl methyl sites for hydroxylation is 3. The summed E-state index contributed by atoms with van der Waals surface area (Å²) >= 11 is 24.6. The number of rotatable bonds is 33. The van der Waals surface area contributed by atoms with Gasteiger partial charge in [-0.25, -0.2) is 4.79 Å². The third kappa shape index (κ3) is 24.4. The summed E-state index contributed by atoms with van der Waals surface area (Å²) < 4.78 is 23.4. The number of carbonyl (C=O) groups excluding carboxylic acids is 4. The number of hydrogen-bond donors (Lipinski definition) is 3. The van der Waals surface area contributed by atoms with Gasteiger partial charge in [-0.3, -0.25) is 19.2 Å². The van der Waals surface area contributed by atoms with Gasteiger partial charge in [0.05, 0.1) is 17.6 Å². The van der Waals surface area contributed by atoms with Crippen molar-refractivity contribution in [3.05, 3.63) is 259 Å². The Morgan fingerprint density at radius 3 is 0.957 bits per heavy atom. The van der Waals surface area contributed by atoms with Crippen LogP contribution in [0.1, 0.15) is 87.8 Å². The molecule has 18 heteroatoms. The lowest BCUT2D eigenvalue weighted by Crippen LogP contribution is -2.45. The Morgan fingerprint density at radius 2 is 0.685 bits per heavy atom. The molecule has 92 heavy (non-hydrogen) atoms. The van der Waals surface area contributed by atoms with Gasteiger partial charge in [-0.05, 0) is 202 Å². The van der Waals surface area contributed by atoms with Crippen LogP contribution in [0.25, 0.3) is 0 Å². The van der Waals surface area contributed by atoms with Crippen molar-refractivity contribution >= 4 is 75.8 Å². The van der Waals surface area contributed by atoms with E-state index in [1.54, 1.807) is 0 Å². The summed E-state index contributed by atoms with van der Waals surface area (Å²) in [6, 6.07) is 60.4. The van der Waals surface area contributed by atoms with Crippen LogP contribution >= 0.6 is 46.4 Å². The molecule has 8 rings (SSSR count). The summed E-state index contributed by atoms with van der Waals surface area (Å²) in [5, 5.41) is 17.3. The number of benzene rings is 8. The number of amides is 2. The Bertz CT molecular complexity index is 3510. The highest BCUT2D eigenvalue weighted by molar-refractivity contribution is 6.35. The summed E-state index contributed by atoms with van der Waals surface area (Å²) in [7, 11) is 4.28. The Labute approximate surface area is 559 Å². The molecule has 14 nitrogen and oxygen atoms in total. The van der Waals surface area contributed by atoms with Crippen molar-refractivity contribution in [2.75, 3.05) is 66.7 Å². The van der Waals surface area contributed by atoms with Crippen molar-refractivity contribution in [3.8, 4) is 23.0 Å². The van der Waals surface area contributed by atoms with E-state index < -0.39 is 41.4 Å². The molecule has 8 aromatic rings. The molecule has 0 fully saturated rings. The van der Waals surface area contributed by atoms with E-state index in [-0.39, 0.29) is 43.8 Å². The first-order chi connectivity index (χ1) is 44.2. The number of nitrogens with one attached hydrogen (secondary N) is 2. The van der Waals surface area contributed by atoms with E-state index in [1.807, 2.05) is 116 Å². The van der Waals surface area contributed by atoms with Crippen LogP contribution in [0.5, 0.6) is 23.0 Å². The van der Waals surface area contributed by atoms with Gasteiger partial charge in [0.25, 0.3) is 11.8 Å². The number of nitrogens with zero attached hydrogens (tertiary/aromatic N) is 2. The Hall–Kier alpha value is -8.21. The Kier molecular flexibility index (Phi) is 28.4. The molecular formula is C74H78Cl4N4O10. The third-order valence-corrected chi connectivity index (χ3v) is 16.2. The minimum absolute atomic E-state index is 0.0218. The molecule has 0 aliphatic heterocycles. The maximum atomic E-state index is 12.1. The lowest BCUT2D eigenvalue weighted by atomic mass is 9.91. The number of aromatic carboxylic acids is 1. The van der Waals surface area contributed by atoms with E-state index in [2.05, 4.69) is 95.2 Å². The van der Waals surface area contributed by atoms with Crippen LogP contribution in [-0.2, 0) is 32.0 Å². The third-order valence-electron chi connectivity index (χ3n) is 15.2. The molecule has 2 unspecified atom stereocenters. The first-order valence-corrected chi connectivity index (χ1v) is 31.9. The standard InChI is InChI=1S/C37H38Cl2N2O6.C37H40Cl2N2O4/c1-25(42)36(43)40-32(24-47-34-19-11-29(12-20-34)37(44)45)23-46-33-17-5-26(6-18-33)4-3-21-41(2)22-35(27-7-13-30(38)14-8-27)28-9-15-31(39)16-10-28;1-26-6-18-34(19-7-26)44-24-33(40-37(43)27(2)42)25-45-35-20-8-28(9-21-35)5-4-22-41(3)23-36(29-10-14-31(38)15-11-29)30-12-16-32(39)17-13-30/h5-20,32,35H,3-4,21-24H2,1-2H3,(H,40,43)(H,44,45);6-21,33,36H,4-5,22-25H2,1-3H3,(H,40,43). The van der Waals surface area contributed by atoms with Gasteiger partial charge in [-0.2, -0.15) is 0 Å². The molecule has 2 amide bonds. The zero-order chi connectivity index (χ0) is 65.9.